The molecule has 0 amide bonds. The van der Waals surface area contributed by atoms with E-state index >= 15 is 0 Å². The number of esters is 2. The fourth-order valence-electron chi connectivity index (χ4n) is 2.19. The predicted molar refractivity (Wildman–Crippen MR) is 112 cm³/mol. The number of carbonyl (C=O) groups is 2. The van der Waals surface area contributed by atoms with Crippen molar-refractivity contribution in [3.63, 3.8) is 0 Å². The average Bonchev–Trinajstić information content (AvgIpc) is 2.80. The van der Waals surface area contributed by atoms with E-state index in [4.69, 9.17) is 9.47 Å². The van der Waals surface area contributed by atoms with Crippen LogP contribution in [0.2, 0.25) is 0 Å². The molecule has 0 atom stereocenters. The Kier molecular flexibility index (Phi) is 7.96. The highest BCUT2D eigenvalue weighted by Crippen LogP contribution is 2.15. The van der Waals surface area contributed by atoms with Crippen molar-refractivity contribution in [2.24, 2.45) is 0 Å². The molecule has 0 unspecified atom stereocenters. The second kappa shape index (κ2) is 10.8. The summed E-state index contributed by atoms with van der Waals surface area (Å²) in [5.74, 6) is 3.51. The van der Waals surface area contributed by atoms with Crippen molar-refractivity contribution in [2.75, 3.05) is 0 Å². The van der Waals surface area contributed by atoms with Gasteiger partial charge in [0.15, 0.2) is 11.5 Å². The third-order valence-corrected chi connectivity index (χ3v) is 3.87. The Labute approximate surface area is 182 Å². The van der Waals surface area contributed by atoms with E-state index in [2.05, 4.69) is 11.8 Å². The minimum absolute atomic E-state index is 0.0286. The van der Waals surface area contributed by atoms with Gasteiger partial charge in [-0.1, -0.05) is 0 Å². The zero-order valence-electron chi connectivity index (χ0n) is 16.9. The van der Waals surface area contributed by atoms with E-state index in [0.717, 1.165) is 0 Å². The summed E-state index contributed by atoms with van der Waals surface area (Å²) in [6.07, 6.45) is 2.84. The molecule has 0 aliphatic rings. The molecular weight excluding hydrogens is 420 g/mol. The maximum absolute atomic E-state index is 12.2. The third kappa shape index (κ3) is 6.36. The number of ether oxygens (including phenoxy) is 2. The van der Waals surface area contributed by atoms with E-state index in [9.17, 15) is 29.8 Å². The van der Waals surface area contributed by atoms with Crippen LogP contribution in [0.1, 0.15) is 34.6 Å². The van der Waals surface area contributed by atoms with Gasteiger partial charge in [0, 0.05) is 24.3 Å². The summed E-state index contributed by atoms with van der Waals surface area (Å²) in [6.45, 7) is 3.15. The Bertz CT molecular complexity index is 1080. The highest BCUT2D eigenvalue weighted by atomic mass is 16.6. The Morgan fingerprint density at radius 2 is 1.03 bits per heavy atom. The van der Waals surface area contributed by atoms with Crippen LogP contribution >= 0.6 is 0 Å². The molecule has 0 N–H and O–H groups in total. The number of hydrogen-bond donors (Lipinski definition) is 0. The second-order valence-electron chi connectivity index (χ2n) is 5.94. The van der Waals surface area contributed by atoms with Gasteiger partial charge in [0.2, 0.25) is 0 Å². The second-order valence-corrected chi connectivity index (χ2v) is 5.94. The molecule has 2 aromatic rings. The van der Waals surface area contributed by atoms with Crippen molar-refractivity contribution < 1.29 is 28.9 Å². The van der Waals surface area contributed by atoms with Gasteiger partial charge in [-0.25, -0.2) is 9.59 Å². The average molecular weight is 436 g/mol. The first-order chi connectivity index (χ1) is 15.2. The molecule has 10 heteroatoms. The van der Waals surface area contributed by atoms with Crippen LogP contribution in [0.15, 0.2) is 72.2 Å². The van der Waals surface area contributed by atoms with Crippen LogP contribution < -0.4 is 0 Å². The molecule has 0 radical (unpaired) electrons. The maximum atomic E-state index is 12.2. The normalized spacial score (nSPS) is 11.1. The Morgan fingerprint density at radius 3 is 1.28 bits per heavy atom. The number of rotatable bonds is 6. The predicted octanol–water partition coefficient (Wildman–Crippen LogP) is 4.33. The van der Waals surface area contributed by atoms with Crippen LogP contribution in [0.5, 0.6) is 0 Å². The highest BCUT2D eigenvalue weighted by Gasteiger charge is 2.13. The molecule has 0 aliphatic heterocycles. The molecule has 2 rings (SSSR count). The van der Waals surface area contributed by atoms with Gasteiger partial charge in [-0.3, -0.25) is 20.2 Å². The van der Waals surface area contributed by atoms with Gasteiger partial charge in [-0.2, -0.15) is 0 Å². The van der Waals surface area contributed by atoms with Crippen LogP contribution in [0.3, 0.4) is 0 Å². The number of benzene rings is 2. The van der Waals surface area contributed by atoms with Gasteiger partial charge < -0.3 is 9.47 Å². The summed E-state index contributed by atoms with van der Waals surface area (Å²) in [6, 6.07) is 9.71. The molecule has 0 aliphatic carbocycles. The SMILES string of the molecule is C/C=C(\C#C/C(=C\C)OC(=O)c1ccc([N+](=O)[O-])cc1)OC(=O)c1ccc([N+](=O)[O-])cc1. The van der Waals surface area contributed by atoms with E-state index in [1.165, 1.54) is 60.7 Å². The maximum Gasteiger partial charge on any atom is 0.344 e. The lowest BCUT2D eigenvalue weighted by atomic mass is 10.2. The largest absolute Gasteiger partial charge is 0.414 e. The number of non-ortho nitro benzene ring substituents is 2. The summed E-state index contributed by atoms with van der Waals surface area (Å²) in [7, 11) is 0. The standard InChI is InChI=1S/C22H16N2O8/c1-3-19(31-21(25)15-5-9-17(10-6-15)23(27)28)13-14-20(4-2)32-22(26)16-7-11-18(12-8-16)24(29)30/h3-12H,1-2H3/b19-3+,20-4+. The van der Waals surface area contributed by atoms with Gasteiger partial charge in [0.05, 0.1) is 21.0 Å². The molecule has 0 bridgehead atoms. The van der Waals surface area contributed by atoms with Crippen molar-refractivity contribution in [2.45, 2.75) is 13.8 Å². The number of carbonyl (C=O) groups excluding carboxylic acids is 2. The van der Waals surface area contributed by atoms with Crippen LogP contribution in [-0.2, 0) is 9.47 Å². The lowest BCUT2D eigenvalue weighted by Gasteiger charge is -2.04. The summed E-state index contributed by atoms with van der Waals surface area (Å²) < 4.78 is 10.3. The lowest BCUT2D eigenvalue weighted by Crippen LogP contribution is -2.06. The van der Waals surface area contributed by atoms with Gasteiger partial charge in [0.1, 0.15) is 0 Å². The van der Waals surface area contributed by atoms with E-state index in [0.29, 0.717) is 0 Å². The van der Waals surface area contributed by atoms with Gasteiger partial charge in [-0.05, 0) is 62.1 Å². The smallest absolute Gasteiger partial charge is 0.344 e. The molecule has 32 heavy (non-hydrogen) atoms. The first kappa shape index (κ1) is 23.5. The first-order valence-corrected chi connectivity index (χ1v) is 9.03. The Hall–Kier alpha value is -4.78. The van der Waals surface area contributed by atoms with Crippen molar-refractivity contribution in [1.29, 1.82) is 0 Å². The number of nitro groups is 2. The van der Waals surface area contributed by atoms with Gasteiger partial charge in [-0.15, -0.1) is 0 Å². The molecule has 162 valence electrons. The third-order valence-electron chi connectivity index (χ3n) is 3.87. The Morgan fingerprint density at radius 1 is 0.719 bits per heavy atom. The molecule has 0 aromatic heterocycles. The van der Waals surface area contributed by atoms with E-state index < -0.39 is 21.8 Å². The lowest BCUT2D eigenvalue weighted by molar-refractivity contribution is -0.385. The molecular formula is C22H16N2O8. The Balaban J connectivity index is 2.05. The van der Waals surface area contributed by atoms with E-state index in [1.807, 2.05) is 0 Å². The molecule has 2 aromatic carbocycles. The first-order valence-electron chi connectivity index (χ1n) is 9.03. The zero-order chi connectivity index (χ0) is 23.7. The highest BCUT2D eigenvalue weighted by molar-refractivity contribution is 5.91. The molecule has 0 spiro atoms. The van der Waals surface area contributed by atoms with Crippen LogP contribution in [0.4, 0.5) is 11.4 Å². The summed E-state index contributed by atoms with van der Waals surface area (Å²) >= 11 is 0. The molecule has 0 saturated heterocycles. The van der Waals surface area contributed by atoms with Gasteiger partial charge >= 0.3 is 11.9 Å². The summed E-state index contributed by atoms with van der Waals surface area (Å²) in [5.41, 5.74) is -0.152. The minimum atomic E-state index is -0.771. The molecule has 0 heterocycles. The molecule has 0 fully saturated rings. The van der Waals surface area contributed by atoms with Crippen molar-refractivity contribution in [3.05, 3.63) is 104 Å². The summed E-state index contributed by atoms with van der Waals surface area (Å²) in [5, 5.41) is 21.4. The van der Waals surface area contributed by atoms with Crippen molar-refractivity contribution in [1.82, 2.24) is 0 Å². The van der Waals surface area contributed by atoms with Crippen molar-refractivity contribution in [3.8, 4) is 11.8 Å². The monoisotopic (exact) mass is 436 g/mol. The fourth-order valence-corrected chi connectivity index (χ4v) is 2.19. The van der Waals surface area contributed by atoms with E-state index in [-0.39, 0.29) is 34.0 Å². The minimum Gasteiger partial charge on any atom is -0.414 e. The van der Waals surface area contributed by atoms with E-state index in [1.54, 1.807) is 13.8 Å². The quantitative estimate of drug-likeness (QED) is 0.214. The van der Waals surface area contributed by atoms with Gasteiger partial charge in [0.25, 0.3) is 11.4 Å². The number of nitro benzene ring substituents is 2. The van der Waals surface area contributed by atoms with Crippen molar-refractivity contribution >= 4 is 23.3 Å². The van der Waals surface area contributed by atoms with Crippen LogP contribution in [-0.4, -0.2) is 21.8 Å². The molecule has 0 saturated carbocycles. The number of allylic oxidation sites excluding steroid dienone is 4. The molecule has 10 nitrogen and oxygen atoms in total. The van der Waals surface area contributed by atoms with Crippen LogP contribution in [0, 0.1) is 32.1 Å². The number of hydrogen-bond acceptors (Lipinski definition) is 8. The van der Waals surface area contributed by atoms with Crippen LogP contribution in [0.25, 0.3) is 0 Å². The summed E-state index contributed by atoms with van der Waals surface area (Å²) in [4.78, 5) is 44.6. The zero-order valence-corrected chi connectivity index (χ0v) is 16.9. The fraction of sp³-hybridized carbons (Fsp3) is 0.0909. The number of nitrogens with zero attached hydrogens (tertiary/aromatic N) is 2. The topological polar surface area (TPSA) is 139 Å².